The Morgan fingerprint density at radius 1 is 1.11 bits per heavy atom. The zero-order valence-corrected chi connectivity index (χ0v) is 20.9. The Kier molecular flexibility index (Phi) is 7.53. The molecule has 0 saturated heterocycles. The Hall–Kier alpha value is -3.93. The molecule has 3 heterocycles. The molecule has 0 bridgehead atoms. The molecule has 12 heteroatoms. The maximum absolute atomic E-state index is 13.1. The number of aromatic nitrogens is 4. The first-order chi connectivity index (χ1) is 17.2. The summed E-state index contributed by atoms with van der Waals surface area (Å²) in [4.78, 5) is 36.4. The van der Waals surface area contributed by atoms with Crippen LogP contribution in [0.2, 0.25) is 0 Å². The maximum Gasteiger partial charge on any atom is 0.321 e. The molecule has 36 heavy (non-hydrogen) atoms. The SMILES string of the molecule is CC(=O)NCc1cncc(-c2ccc3nc(NC(=O)NCCc4noc(C(C)(C)CF)n4)sc3c2)c1. The highest BCUT2D eigenvalue weighted by atomic mass is 32.1. The molecule has 0 unspecified atom stereocenters. The third-order valence-electron chi connectivity index (χ3n) is 5.29. The summed E-state index contributed by atoms with van der Waals surface area (Å²) in [6.45, 7) is 4.91. The Bertz CT molecular complexity index is 1390. The van der Waals surface area contributed by atoms with E-state index in [9.17, 15) is 14.0 Å². The van der Waals surface area contributed by atoms with Crippen LogP contribution in [0.4, 0.5) is 14.3 Å². The molecule has 0 atom stereocenters. The van der Waals surface area contributed by atoms with Gasteiger partial charge in [-0.2, -0.15) is 4.98 Å². The van der Waals surface area contributed by atoms with Gasteiger partial charge in [0, 0.05) is 44.4 Å². The van der Waals surface area contributed by atoms with Crippen molar-refractivity contribution in [1.82, 2.24) is 30.7 Å². The molecular formula is C24H26FN7O3S. The number of rotatable bonds is 9. The smallest absolute Gasteiger partial charge is 0.321 e. The van der Waals surface area contributed by atoms with Gasteiger partial charge in [-0.25, -0.2) is 14.2 Å². The van der Waals surface area contributed by atoms with Crippen molar-refractivity contribution in [2.24, 2.45) is 0 Å². The van der Waals surface area contributed by atoms with Gasteiger partial charge in [-0.05, 0) is 43.2 Å². The van der Waals surface area contributed by atoms with E-state index in [0.29, 0.717) is 23.9 Å². The second-order valence-corrected chi connectivity index (χ2v) is 9.89. The Labute approximate surface area is 210 Å². The summed E-state index contributed by atoms with van der Waals surface area (Å²) in [7, 11) is 0. The van der Waals surface area contributed by atoms with Crippen LogP contribution >= 0.6 is 11.3 Å². The number of thiazole rings is 1. The molecule has 3 amide bonds. The van der Waals surface area contributed by atoms with Gasteiger partial charge in [0.15, 0.2) is 11.0 Å². The molecular weight excluding hydrogens is 485 g/mol. The standard InChI is InChI=1S/C24H26FN7O3S/c1-14(33)28-11-15-8-17(12-26-10-15)16-4-5-18-19(9-16)36-23(29-18)31-22(34)27-7-6-20-30-21(35-32-20)24(2,3)13-25/h4-5,8-10,12H,6-7,11,13H2,1-3H3,(H,28,33)(H2,27,29,31,34). The number of halogens is 1. The lowest BCUT2D eigenvalue weighted by Gasteiger charge is -2.13. The van der Waals surface area contributed by atoms with Crippen LogP contribution in [-0.4, -0.2) is 45.3 Å². The number of hydrogen-bond donors (Lipinski definition) is 3. The molecule has 0 radical (unpaired) electrons. The predicted octanol–water partition coefficient (Wildman–Crippen LogP) is 3.99. The van der Waals surface area contributed by atoms with Crippen molar-refractivity contribution in [1.29, 1.82) is 0 Å². The van der Waals surface area contributed by atoms with Gasteiger partial charge >= 0.3 is 6.03 Å². The summed E-state index contributed by atoms with van der Waals surface area (Å²) >= 11 is 1.36. The average molecular weight is 512 g/mol. The van der Waals surface area contributed by atoms with E-state index in [0.717, 1.165) is 26.9 Å². The number of urea groups is 1. The highest BCUT2D eigenvalue weighted by molar-refractivity contribution is 7.22. The highest BCUT2D eigenvalue weighted by Gasteiger charge is 2.27. The molecule has 188 valence electrons. The van der Waals surface area contributed by atoms with Gasteiger partial charge in [0.25, 0.3) is 0 Å². The molecule has 0 saturated carbocycles. The van der Waals surface area contributed by atoms with Crippen LogP contribution in [-0.2, 0) is 23.2 Å². The second kappa shape index (κ2) is 10.8. The van der Waals surface area contributed by atoms with E-state index in [1.807, 2.05) is 24.3 Å². The number of nitrogens with one attached hydrogen (secondary N) is 3. The molecule has 0 spiro atoms. The minimum Gasteiger partial charge on any atom is -0.352 e. The van der Waals surface area contributed by atoms with E-state index in [1.54, 1.807) is 26.2 Å². The molecule has 3 N–H and O–H groups in total. The molecule has 3 aromatic heterocycles. The number of alkyl halides is 1. The van der Waals surface area contributed by atoms with E-state index in [2.05, 4.69) is 36.1 Å². The van der Waals surface area contributed by atoms with Crippen LogP contribution in [0.25, 0.3) is 21.3 Å². The van der Waals surface area contributed by atoms with Crippen LogP contribution in [0.1, 0.15) is 38.0 Å². The maximum atomic E-state index is 13.1. The fourth-order valence-electron chi connectivity index (χ4n) is 3.24. The lowest BCUT2D eigenvalue weighted by molar-refractivity contribution is -0.119. The van der Waals surface area contributed by atoms with Crippen LogP contribution in [0.15, 0.2) is 41.2 Å². The van der Waals surface area contributed by atoms with Gasteiger partial charge in [0.05, 0.1) is 15.6 Å². The lowest BCUT2D eigenvalue weighted by Crippen LogP contribution is -2.30. The number of pyridine rings is 1. The monoisotopic (exact) mass is 511 g/mol. The quantitative estimate of drug-likeness (QED) is 0.309. The number of carbonyl (C=O) groups excluding carboxylic acids is 2. The first-order valence-corrected chi connectivity index (χ1v) is 12.1. The average Bonchev–Trinajstić information content (AvgIpc) is 3.49. The molecule has 0 fully saturated rings. The lowest BCUT2D eigenvalue weighted by atomic mass is 9.96. The number of hydrogen-bond acceptors (Lipinski definition) is 8. The number of carbonyl (C=O) groups is 2. The van der Waals surface area contributed by atoms with E-state index in [-0.39, 0.29) is 18.3 Å². The van der Waals surface area contributed by atoms with Gasteiger partial charge in [-0.1, -0.05) is 22.6 Å². The Morgan fingerprint density at radius 3 is 2.72 bits per heavy atom. The van der Waals surface area contributed by atoms with E-state index in [4.69, 9.17) is 4.52 Å². The van der Waals surface area contributed by atoms with Crippen LogP contribution in [0, 0.1) is 0 Å². The topological polar surface area (TPSA) is 135 Å². The largest absolute Gasteiger partial charge is 0.352 e. The number of amides is 3. The summed E-state index contributed by atoms with van der Waals surface area (Å²) in [5.41, 5.74) is 2.69. The predicted molar refractivity (Wildman–Crippen MR) is 134 cm³/mol. The molecule has 0 aliphatic heterocycles. The molecule has 4 rings (SSSR count). The minimum atomic E-state index is -0.839. The first kappa shape index (κ1) is 25.2. The van der Waals surface area contributed by atoms with Crippen molar-refractivity contribution in [2.75, 3.05) is 18.5 Å². The normalized spacial score (nSPS) is 11.4. The summed E-state index contributed by atoms with van der Waals surface area (Å²) < 4.78 is 19.1. The van der Waals surface area contributed by atoms with Crippen LogP contribution in [0.3, 0.4) is 0 Å². The van der Waals surface area contributed by atoms with Crippen LogP contribution in [0.5, 0.6) is 0 Å². The zero-order chi connectivity index (χ0) is 25.7. The van der Waals surface area contributed by atoms with Crippen molar-refractivity contribution in [3.63, 3.8) is 0 Å². The number of fused-ring (bicyclic) bond motifs is 1. The summed E-state index contributed by atoms with van der Waals surface area (Å²) in [6.07, 6.45) is 3.82. The summed E-state index contributed by atoms with van der Waals surface area (Å²) in [6, 6.07) is 7.38. The van der Waals surface area contributed by atoms with Crippen molar-refractivity contribution in [3.05, 3.63) is 53.9 Å². The highest BCUT2D eigenvalue weighted by Crippen LogP contribution is 2.30. The third kappa shape index (κ3) is 6.19. The molecule has 0 aliphatic carbocycles. The fraction of sp³-hybridized carbons (Fsp3) is 0.333. The van der Waals surface area contributed by atoms with Crippen molar-refractivity contribution in [2.45, 2.75) is 39.2 Å². The molecule has 4 aromatic rings. The molecule has 0 aliphatic rings. The molecule has 10 nitrogen and oxygen atoms in total. The second-order valence-electron chi connectivity index (χ2n) is 8.86. The van der Waals surface area contributed by atoms with Crippen molar-refractivity contribution < 1.29 is 18.5 Å². The Balaban J connectivity index is 1.35. The number of nitrogens with zero attached hydrogens (tertiary/aromatic N) is 4. The van der Waals surface area contributed by atoms with Crippen molar-refractivity contribution >= 4 is 38.6 Å². The number of benzene rings is 1. The summed E-state index contributed by atoms with van der Waals surface area (Å²) in [5, 5.41) is 12.5. The first-order valence-electron chi connectivity index (χ1n) is 11.3. The van der Waals surface area contributed by atoms with Crippen molar-refractivity contribution in [3.8, 4) is 11.1 Å². The van der Waals surface area contributed by atoms with E-state index in [1.165, 1.54) is 18.3 Å². The van der Waals surface area contributed by atoms with E-state index < -0.39 is 18.1 Å². The van der Waals surface area contributed by atoms with Gasteiger partial charge in [0.1, 0.15) is 6.67 Å². The Morgan fingerprint density at radius 2 is 1.94 bits per heavy atom. The van der Waals surface area contributed by atoms with Crippen LogP contribution < -0.4 is 16.0 Å². The van der Waals surface area contributed by atoms with E-state index >= 15 is 0 Å². The fourth-order valence-corrected chi connectivity index (χ4v) is 4.14. The minimum absolute atomic E-state index is 0.0999. The van der Waals surface area contributed by atoms with Gasteiger partial charge in [-0.15, -0.1) is 0 Å². The number of anilines is 1. The third-order valence-corrected chi connectivity index (χ3v) is 6.23. The van der Waals surface area contributed by atoms with Gasteiger partial charge < -0.3 is 15.2 Å². The van der Waals surface area contributed by atoms with Gasteiger partial charge in [0.2, 0.25) is 11.8 Å². The zero-order valence-electron chi connectivity index (χ0n) is 20.1. The molecule has 1 aromatic carbocycles. The summed E-state index contributed by atoms with van der Waals surface area (Å²) in [5.74, 6) is 0.528. The van der Waals surface area contributed by atoms with Gasteiger partial charge in [-0.3, -0.25) is 15.1 Å².